The van der Waals surface area contributed by atoms with E-state index in [0.717, 1.165) is 6.26 Å². The van der Waals surface area contributed by atoms with Crippen molar-refractivity contribution in [2.75, 3.05) is 12.0 Å². The summed E-state index contributed by atoms with van der Waals surface area (Å²) in [7, 11) is -3.22. The summed E-state index contributed by atoms with van der Waals surface area (Å²) in [6.45, 7) is 0. The van der Waals surface area contributed by atoms with Crippen molar-refractivity contribution in [2.24, 2.45) is 0 Å². The maximum atomic E-state index is 11.0. The van der Waals surface area contributed by atoms with Crippen molar-refractivity contribution in [1.29, 1.82) is 0 Å². The number of rotatable bonds is 3. The molecule has 0 fully saturated rings. The molecule has 10 heteroatoms. The quantitative estimate of drug-likeness (QED) is 0.739. The summed E-state index contributed by atoms with van der Waals surface area (Å²) in [5.41, 5.74) is 5.49. The van der Waals surface area contributed by atoms with Crippen molar-refractivity contribution in [1.82, 2.24) is 20.5 Å². The molecule has 16 heavy (non-hydrogen) atoms. The van der Waals surface area contributed by atoms with E-state index in [2.05, 4.69) is 25.1 Å². The molecule has 0 saturated heterocycles. The average Bonchev–Trinajstić information content (AvgIpc) is 2.71. The summed E-state index contributed by atoms with van der Waals surface area (Å²) >= 11 is 0. The van der Waals surface area contributed by atoms with E-state index in [0.29, 0.717) is 0 Å². The number of nitrogens with zero attached hydrogens (tertiary/aromatic N) is 4. The first-order valence-electron chi connectivity index (χ1n) is 4.04. The van der Waals surface area contributed by atoms with Gasteiger partial charge in [-0.1, -0.05) is 5.16 Å². The fraction of sp³-hybridized carbons (Fsp3) is 0.333. The largest absolute Gasteiger partial charge is 0.379 e. The molecular weight excluding hydrogens is 238 g/mol. The van der Waals surface area contributed by atoms with Crippen LogP contribution in [0.1, 0.15) is 5.82 Å². The maximum absolute atomic E-state index is 11.0. The lowest BCUT2D eigenvalue weighted by Gasteiger charge is -1.88. The molecule has 0 aliphatic rings. The highest BCUT2D eigenvalue weighted by atomic mass is 32.2. The molecule has 0 aromatic carbocycles. The molecule has 2 N–H and O–H groups in total. The van der Waals surface area contributed by atoms with Gasteiger partial charge in [0.25, 0.3) is 5.89 Å². The van der Waals surface area contributed by atoms with Crippen molar-refractivity contribution in [2.45, 2.75) is 5.75 Å². The molecule has 0 radical (unpaired) electrons. The van der Waals surface area contributed by atoms with Crippen LogP contribution in [-0.4, -0.2) is 35.1 Å². The first-order valence-corrected chi connectivity index (χ1v) is 6.10. The van der Waals surface area contributed by atoms with E-state index in [1.165, 1.54) is 0 Å². The van der Waals surface area contributed by atoms with Crippen molar-refractivity contribution in [3.63, 3.8) is 0 Å². The molecule has 2 heterocycles. The molecule has 0 aliphatic heterocycles. The van der Waals surface area contributed by atoms with Crippen LogP contribution >= 0.6 is 0 Å². The molecular formula is C6H7N5O4S. The summed E-state index contributed by atoms with van der Waals surface area (Å²) in [4.78, 5) is 3.80. The van der Waals surface area contributed by atoms with Crippen LogP contribution in [-0.2, 0) is 15.6 Å². The molecule has 0 saturated carbocycles. The van der Waals surface area contributed by atoms with Gasteiger partial charge >= 0.3 is 0 Å². The van der Waals surface area contributed by atoms with Crippen molar-refractivity contribution in [3.8, 4) is 11.6 Å². The van der Waals surface area contributed by atoms with E-state index in [-0.39, 0.29) is 29.0 Å². The molecule has 0 bridgehead atoms. The lowest BCUT2D eigenvalue weighted by Crippen LogP contribution is -2.02. The average molecular weight is 245 g/mol. The smallest absolute Gasteiger partial charge is 0.284 e. The summed E-state index contributed by atoms with van der Waals surface area (Å²) in [5, 5.41) is 10.2. The molecule has 0 unspecified atom stereocenters. The minimum atomic E-state index is -3.22. The number of nitrogens with two attached hydrogens (primary N) is 1. The van der Waals surface area contributed by atoms with Crippen LogP contribution in [0.5, 0.6) is 0 Å². The maximum Gasteiger partial charge on any atom is 0.284 e. The third-order valence-electron chi connectivity index (χ3n) is 1.58. The van der Waals surface area contributed by atoms with Crippen molar-refractivity contribution in [3.05, 3.63) is 5.82 Å². The van der Waals surface area contributed by atoms with Gasteiger partial charge in [0.2, 0.25) is 11.5 Å². The van der Waals surface area contributed by atoms with Crippen molar-refractivity contribution >= 4 is 15.7 Å². The summed E-state index contributed by atoms with van der Waals surface area (Å²) < 4.78 is 31.0. The van der Waals surface area contributed by atoms with Crippen LogP contribution in [0, 0.1) is 0 Å². The third kappa shape index (κ3) is 2.16. The highest BCUT2D eigenvalue weighted by Crippen LogP contribution is 2.19. The Morgan fingerprint density at radius 3 is 2.62 bits per heavy atom. The Morgan fingerprint density at radius 1 is 1.31 bits per heavy atom. The van der Waals surface area contributed by atoms with Crippen LogP contribution in [0.2, 0.25) is 0 Å². The minimum Gasteiger partial charge on any atom is -0.379 e. The van der Waals surface area contributed by atoms with Gasteiger partial charge < -0.3 is 10.3 Å². The lowest BCUT2D eigenvalue weighted by molar-refractivity contribution is 0.308. The van der Waals surface area contributed by atoms with E-state index in [4.69, 9.17) is 10.3 Å². The Bertz CT molecular complexity index is 600. The Labute approximate surface area is 89.5 Å². The van der Waals surface area contributed by atoms with Gasteiger partial charge in [0.1, 0.15) is 5.75 Å². The first kappa shape index (κ1) is 10.5. The van der Waals surface area contributed by atoms with Gasteiger partial charge in [-0.25, -0.2) is 13.0 Å². The molecule has 0 aliphatic carbocycles. The van der Waals surface area contributed by atoms with Gasteiger partial charge in [-0.15, -0.1) is 0 Å². The van der Waals surface area contributed by atoms with Crippen molar-refractivity contribution < 1.29 is 17.6 Å². The Balaban J connectivity index is 2.30. The summed E-state index contributed by atoms with van der Waals surface area (Å²) in [6.07, 6.45) is 1.06. The van der Waals surface area contributed by atoms with Gasteiger partial charge in [-0.2, -0.15) is 4.98 Å². The fourth-order valence-electron chi connectivity index (χ4n) is 0.987. The molecule has 2 aromatic heterocycles. The second-order valence-corrected chi connectivity index (χ2v) is 5.22. The highest BCUT2D eigenvalue weighted by molar-refractivity contribution is 7.89. The predicted octanol–water partition coefficient (Wildman–Crippen LogP) is -0.754. The minimum absolute atomic E-state index is 0.00504. The second-order valence-electron chi connectivity index (χ2n) is 3.08. The van der Waals surface area contributed by atoms with Gasteiger partial charge in [0.05, 0.1) is 0 Å². The van der Waals surface area contributed by atoms with E-state index in [9.17, 15) is 8.42 Å². The first-order chi connectivity index (χ1) is 7.46. The Morgan fingerprint density at radius 2 is 2.06 bits per heavy atom. The molecule has 2 rings (SSSR count). The highest BCUT2D eigenvalue weighted by Gasteiger charge is 2.18. The summed E-state index contributed by atoms with van der Waals surface area (Å²) in [6, 6.07) is 0. The monoisotopic (exact) mass is 245 g/mol. The molecule has 86 valence electrons. The van der Waals surface area contributed by atoms with Gasteiger partial charge in [0.15, 0.2) is 15.7 Å². The molecule has 9 nitrogen and oxygen atoms in total. The predicted molar refractivity (Wildman–Crippen MR) is 50.6 cm³/mol. The zero-order chi connectivity index (χ0) is 11.8. The Hall–Kier alpha value is -1.97. The van der Waals surface area contributed by atoms with E-state index < -0.39 is 9.84 Å². The number of hydrogen-bond donors (Lipinski definition) is 1. The van der Waals surface area contributed by atoms with Crippen LogP contribution in [0.25, 0.3) is 11.6 Å². The SMILES string of the molecule is CS(=O)(=O)Cc1noc(-c2nonc2N)n1. The zero-order valence-electron chi connectivity index (χ0n) is 8.11. The van der Waals surface area contributed by atoms with Crippen LogP contribution in [0.4, 0.5) is 5.82 Å². The summed E-state index contributed by atoms with van der Waals surface area (Å²) in [5.74, 6) is -0.325. The van der Waals surface area contributed by atoms with Crippen LogP contribution in [0.15, 0.2) is 9.15 Å². The number of nitrogen functional groups attached to an aromatic ring is 1. The van der Waals surface area contributed by atoms with E-state index >= 15 is 0 Å². The van der Waals surface area contributed by atoms with Crippen LogP contribution in [0.3, 0.4) is 0 Å². The number of anilines is 1. The standard InChI is InChI=1S/C6H7N5O4S/c1-16(12,13)2-3-8-6(14-9-3)4-5(7)11-15-10-4/h2H2,1H3,(H2,7,11). The van der Waals surface area contributed by atoms with Gasteiger partial charge in [-0.05, 0) is 10.3 Å². The molecule has 0 spiro atoms. The lowest BCUT2D eigenvalue weighted by atomic mass is 10.4. The molecule has 0 atom stereocenters. The van der Waals surface area contributed by atoms with Crippen LogP contribution < -0.4 is 5.73 Å². The third-order valence-corrected chi connectivity index (χ3v) is 2.36. The number of hydrogen-bond acceptors (Lipinski definition) is 9. The Kier molecular flexibility index (Phi) is 2.34. The fourth-order valence-corrected chi connectivity index (χ4v) is 1.57. The van der Waals surface area contributed by atoms with E-state index in [1.807, 2.05) is 0 Å². The van der Waals surface area contributed by atoms with Gasteiger partial charge in [-0.3, -0.25) is 0 Å². The molecule has 0 amide bonds. The second kappa shape index (κ2) is 3.56. The van der Waals surface area contributed by atoms with Gasteiger partial charge in [0, 0.05) is 6.26 Å². The number of sulfone groups is 1. The zero-order valence-corrected chi connectivity index (χ0v) is 8.93. The molecule has 2 aromatic rings. The van der Waals surface area contributed by atoms with E-state index in [1.54, 1.807) is 0 Å². The number of aromatic nitrogens is 4. The topological polar surface area (TPSA) is 138 Å². The normalized spacial score (nSPS) is 11.8.